The molecule has 0 atom stereocenters. The average molecular weight is 364 g/mol. The molecule has 0 aliphatic rings. The van der Waals surface area contributed by atoms with Crippen LogP contribution in [-0.4, -0.2) is 27.3 Å². The molecule has 0 unspecified atom stereocenters. The highest BCUT2D eigenvalue weighted by Gasteiger charge is 2.05. The van der Waals surface area contributed by atoms with Gasteiger partial charge in [-0.15, -0.1) is 0 Å². The summed E-state index contributed by atoms with van der Waals surface area (Å²) < 4.78 is 7.50. The van der Waals surface area contributed by atoms with Gasteiger partial charge < -0.3 is 10.1 Å². The number of hydrogen-bond acceptors (Lipinski definition) is 4. The minimum Gasteiger partial charge on any atom is -0.493 e. The number of benzene rings is 2. The third kappa shape index (κ3) is 5.41. The van der Waals surface area contributed by atoms with Crippen LogP contribution in [0.5, 0.6) is 5.75 Å². The summed E-state index contributed by atoms with van der Waals surface area (Å²) in [6.45, 7) is 5.63. The fourth-order valence-corrected chi connectivity index (χ4v) is 2.69. The van der Waals surface area contributed by atoms with Crippen LogP contribution in [0.2, 0.25) is 0 Å². The quantitative estimate of drug-likeness (QED) is 0.667. The molecule has 2 aromatic carbocycles. The largest absolute Gasteiger partial charge is 0.493 e. The van der Waals surface area contributed by atoms with Crippen LogP contribution in [0.3, 0.4) is 0 Å². The summed E-state index contributed by atoms with van der Waals surface area (Å²) in [5.74, 6) is 0.817. The summed E-state index contributed by atoms with van der Waals surface area (Å²) in [4.78, 5) is 16.0. The lowest BCUT2D eigenvalue weighted by molar-refractivity contribution is -0.121. The van der Waals surface area contributed by atoms with E-state index in [0.717, 1.165) is 22.4 Å². The van der Waals surface area contributed by atoms with Crippen molar-refractivity contribution in [1.29, 1.82) is 0 Å². The molecule has 1 N–H and O–H groups in total. The Morgan fingerprint density at radius 1 is 1.11 bits per heavy atom. The first-order valence-electron chi connectivity index (χ1n) is 8.98. The number of amides is 1. The third-order valence-electron chi connectivity index (χ3n) is 4.47. The predicted octanol–water partition coefficient (Wildman–Crippen LogP) is 3.03. The second-order valence-electron chi connectivity index (χ2n) is 6.48. The van der Waals surface area contributed by atoms with Gasteiger partial charge in [0.15, 0.2) is 0 Å². The molecule has 0 fully saturated rings. The van der Waals surface area contributed by atoms with Crippen LogP contribution in [-0.2, 0) is 17.9 Å². The second kappa shape index (κ2) is 8.98. The van der Waals surface area contributed by atoms with Gasteiger partial charge in [-0.3, -0.25) is 4.79 Å². The molecule has 0 spiro atoms. The zero-order valence-corrected chi connectivity index (χ0v) is 15.7. The Balaban J connectivity index is 1.40. The lowest BCUT2D eigenvalue weighted by Gasteiger charge is -2.11. The summed E-state index contributed by atoms with van der Waals surface area (Å²) in [6.07, 6.45) is 3.54. The van der Waals surface area contributed by atoms with Crippen molar-refractivity contribution in [2.45, 2.75) is 33.4 Å². The number of ether oxygens (including phenoxy) is 1. The van der Waals surface area contributed by atoms with Crippen molar-refractivity contribution in [1.82, 2.24) is 20.1 Å². The van der Waals surface area contributed by atoms with Crippen LogP contribution in [0.4, 0.5) is 0 Å². The van der Waals surface area contributed by atoms with Crippen molar-refractivity contribution in [3.8, 4) is 5.75 Å². The van der Waals surface area contributed by atoms with Gasteiger partial charge in [-0.25, -0.2) is 9.67 Å². The van der Waals surface area contributed by atoms with E-state index in [-0.39, 0.29) is 5.91 Å². The number of rotatable bonds is 8. The molecule has 6 heteroatoms. The minimum absolute atomic E-state index is 0.0213. The number of nitrogens with zero attached hydrogens (tertiary/aromatic N) is 3. The van der Waals surface area contributed by atoms with Crippen LogP contribution in [0, 0.1) is 13.8 Å². The fourth-order valence-electron chi connectivity index (χ4n) is 2.69. The van der Waals surface area contributed by atoms with Crippen LogP contribution in [0.15, 0.2) is 55.1 Å². The van der Waals surface area contributed by atoms with Gasteiger partial charge in [0.1, 0.15) is 18.4 Å². The molecule has 3 aromatic rings. The maximum atomic E-state index is 12.0. The number of nitrogens with one attached hydrogen (secondary N) is 1. The molecule has 3 rings (SSSR count). The van der Waals surface area contributed by atoms with E-state index in [1.807, 2.05) is 56.3 Å². The van der Waals surface area contributed by atoms with Gasteiger partial charge in [0.25, 0.3) is 0 Å². The molecule has 27 heavy (non-hydrogen) atoms. The summed E-state index contributed by atoms with van der Waals surface area (Å²) >= 11 is 0. The molecule has 0 aliphatic heterocycles. The molecule has 0 aliphatic carbocycles. The molecule has 0 saturated heterocycles. The lowest BCUT2D eigenvalue weighted by atomic mass is 10.1. The maximum Gasteiger partial charge on any atom is 0.223 e. The third-order valence-corrected chi connectivity index (χ3v) is 4.47. The summed E-state index contributed by atoms with van der Waals surface area (Å²) in [6, 6.07) is 14.0. The first-order chi connectivity index (χ1) is 13.1. The molecule has 1 aromatic heterocycles. The monoisotopic (exact) mass is 364 g/mol. The lowest BCUT2D eigenvalue weighted by Crippen LogP contribution is -2.24. The van der Waals surface area contributed by atoms with E-state index in [1.165, 1.54) is 11.9 Å². The Hall–Kier alpha value is -3.15. The number of carbonyl (C=O) groups is 1. The van der Waals surface area contributed by atoms with E-state index in [9.17, 15) is 4.79 Å². The van der Waals surface area contributed by atoms with E-state index in [0.29, 0.717) is 26.1 Å². The average Bonchev–Trinajstić information content (AvgIpc) is 3.18. The highest BCUT2D eigenvalue weighted by molar-refractivity contribution is 5.76. The highest BCUT2D eigenvalue weighted by atomic mass is 16.5. The summed E-state index contributed by atoms with van der Waals surface area (Å²) in [5, 5.41) is 7.02. The van der Waals surface area contributed by atoms with E-state index in [4.69, 9.17) is 4.74 Å². The molecule has 1 heterocycles. The zero-order chi connectivity index (χ0) is 19.1. The van der Waals surface area contributed by atoms with Crippen molar-refractivity contribution < 1.29 is 9.53 Å². The number of aromatic nitrogens is 3. The normalized spacial score (nSPS) is 10.6. The molecule has 0 radical (unpaired) electrons. The first-order valence-corrected chi connectivity index (χ1v) is 8.98. The van der Waals surface area contributed by atoms with Gasteiger partial charge in [0.2, 0.25) is 5.91 Å². The van der Waals surface area contributed by atoms with E-state index >= 15 is 0 Å². The Morgan fingerprint density at radius 2 is 1.89 bits per heavy atom. The van der Waals surface area contributed by atoms with Crippen molar-refractivity contribution in [3.63, 3.8) is 0 Å². The molecule has 6 nitrogen and oxygen atoms in total. The summed E-state index contributed by atoms with van der Waals surface area (Å²) in [7, 11) is 0. The predicted molar refractivity (Wildman–Crippen MR) is 103 cm³/mol. The van der Waals surface area contributed by atoms with Crippen molar-refractivity contribution in [2.24, 2.45) is 0 Å². The molecule has 140 valence electrons. The van der Waals surface area contributed by atoms with Crippen LogP contribution < -0.4 is 10.1 Å². The molecule has 0 saturated carbocycles. The highest BCUT2D eigenvalue weighted by Crippen LogP contribution is 2.20. The SMILES string of the molecule is Cc1cccc(OCCC(=O)NCc2ccc(Cn3cncn3)cc2)c1C. The van der Waals surface area contributed by atoms with Crippen molar-refractivity contribution >= 4 is 5.91 Å². The Kier molecular flexibility index (Phi) is 6.20. The van der Waals surface area contributed by atoms with Crippen LogP contribution >= 0.6 is 0 Å². The van der Waals surface area contributed by atoms with Gasteiger partial charge in [0.05, 0.1) is 19.6 Å². The van der Waals surface area contributed by atoms with Gasteiger partial charge in [-0.2, -0.15) is 5.10 Å². The smallest absolute Gasteiger partial charge is 0.223 e. The Morgan fingerprint density at radius 3 is 2.63 bits per heavy atom. The van der Waals surface area contributed by atoms with Crippen molar-refractivity contribution in [2.75, 3.05) is 6.61 Å². The van der Waals surface area contributed by atoms with Gasteiger partial charge >= 0.3 is 0 Å². The standard InChI is InChI=1S/C21H24N4O2/c1-16-4-3-5-20(17(16)2)27-11-10-21(26)23-12-18-6-8-19(9-7-18)13-25-15-22-14-24-25/h3-9,14-15H,10-13H2,1-2H3,(H,23,26). The Labute approximate surface area is 159 Å². The Bertz CT molecular complexity index is 874. The van der Waals surface area contributed by atoms with Gasteiger partial charge in [0, 0.05) is 6.54 Å². The van der Waals surface area contributed by atoms with Gasteiger partial charge in [-0.1, -0.05) is 36.4 Å². The van der Waals surface area contributed by atoms with Crippen molar-refractivity contribution in [3.05, 3.63) is 77.4 Å². The van der Waals surface area contributed by atoms with Crippen LogP contribution in [0.25, 0.3) is 0 Å². The first kappa shape index (κ1) is 18.6. The number of hydrogen-bond donors (Lipinski definition) is 1. The minimum atomic E-state index is -0.0213. The molecule has 1 amide bonds. The topological polar surface area (TPSA) is 69.0 Å². The zero-order valence-electron chi connectivity index (χ0n) is 15.7. The number of carbonyl (C=O) groups excluding carboxylic acids is 1. The molecular formula is C21H24N4O2. The van der Waals surface area contributed by atoms with E-state index in [2.05, 4.69) is 15.4 Å². The second-order valence-corrected chi connectivity index (χ2v) is 6.48. The summed E-state index contributed by atoms with van der Waals surface area (Å²) in [5.41, 5.74) is 4.49. The fraction of sp³-hybridized carbons (Fsp3) is 0.286. The van der Waals surface area contributed by atoms with E-state index < -0.39 is 0 Å². The molecule has 0 bridgehead atoms. The maximum absolute atomic E-state index is 12.0. The van der Waals surface area contributed by atoms with Crippen LogP contribution in [0.1, 0.15) is 28.7 Å². The number of aryl methyl sites for hydroxylation is 1. The molecular weight excluding hydrogens is 340 g/mol. The van der Waals surface area contributed by atoms with Gasteiger partial charge in [-0.05, 0) is 42.2 Å². The van der Waals surface area contributed by atoms with E-state index in [1.54, 1.807) is 11.0 Å².